The van der Waals surface area contributed by atoms with Crippen molar-refractivity contribution >= 4 is 7.60 Å². The summed E-state index contributed by atoms with van der Waals surface area (Å²) < 4.78 is 16.5. The fourth-order valence-electron chi connectivity index (χ4n) is 2.99. The highest BCUT2D eigenvalue weighted by Gasteiger charge is 2.41. The molecular weight excluding hydrogens is 263 g/mol. The molecule has 1 aliphatic heterocycles. The van der Waals surface area contributed by atoms with Gasteiger partial charge in [0, 0.05) is 17.6 Å². The molecule has 1 heterocycles. The minimum Gasteiger partial charge on any atom is -0.324 e. The van der Waals surface area contributed by atoms with Crippen molar-refractivity contribution in [2.75, 3.05) is 19.3 Å². The van der Waals surface area contributed by atoms with Crippen LogP contribution in [0.1, 0.15) is 53.9 Å². The normalized spacial score (nSPS) is 26.0. The molecule has 114 valence electrons. The maximum absolute atomic E-state index is 11.7. The quantitative estimate of drug-likeness (QED) is 0.737. The topological polar surface area (TPSA) is 61.8 Å². The first-order chi connectivity index (χ1) is 8.61. The number of rotatable bonds is 6. The number of hydrogen-bond acceptors (Lipinski definition) is 4. The van der Waals surface area contributed by atoms with Crippen LogP contribution in [-0.2, 0) is 9.09 Å². The van der Waals surface area contributed by atoms with E-state index in [2.05, 4.69) is 38.1 Å². The van der Waals surface area contributed by atoms with Gasteiger partial charge in [-0.25, -0.2) is 5.01 Å². The molecule has 0 radical (unpaired) electrons. The van der Waals surface area contributed by atoms with Crippen LogP contribution in [0.4, 0.5) is 0 Å². The van der Waals surface area contributed by atoms with E-state index in [9.17, 15) is 9.46 Å². The predicted octanol–water partition coefficient (Wildman–Crippen LogP) is 2.76. The van der Waals surface area contributed by atoms with Gasteiger partial charge in [0.2, 0.25) is 0 Å². The predicted molar refractivity (Wildman–Crippen MR) is 78.2 cm³/mol. The summed E-state index contributed by atoms with van der Waals surface area (Å²) in [5, 5.41) is 2.25. The Morgan fingerprint density at radius 3 is 2.26 bits per heavy atom. The summed E-state index contributed by atoms with van der Waals surface area (Å²) in [6, 6.07) is 0. The van der Waals surface area contributed by atoms with Crippen LogP contribution in [-0.4, -0.2) is 40.3 Å². The highest BCUT2D eigenvalue weighted by molar-refractivity contribution is 7.52. The Kier molecular flexibility index (Phi) is 5.61. The Hall–Kier alpha value is 0.0700. The molecule has 1 aliphatic rings. The van der Waals surface area contributed by atoms with Gasteiger partial charge in [-0.2, -0.15) is 0 Å². The minimum atomic E-state index is -3.43. The third kappa shape index (κ3) is 4.83. The smallest absolute Gasteiger partial charge is 0.324 e. The van der Waals surface area contributed by atoms with E-state index >= 15 is 0 Å². The molecule has 0 spiro atoms. The minimum absolute atomic E-state index is 0.0623. The molecule has 1 saturated heterocycles. The Morgan fingerprint density at radius 1 is 1.26 bits per heavy atom. The summed E-state index contributed by atoms with van der Waals surface area (Å²) in [6.07, 6.45) is 3.62. The van der Waals surface area contributed by atoms with Crippen molar-refractivity contribution in [3.63, 3.8) is 0 Å². The van der Waals surface area contributed by atoms with Crippen molar-refractivity contribution in [1.29, 1.82) is 0 Å². The molecule has 6 heteroatoms. The van der Waals surface area contributed by atoms with Crippen LogP contribution in [0.25, 0.3) is 0 Å². The van der Waals surface area contributed by atoms with Crippen LogP contribution in [0, 0.1) is 0 Å². The van der Waals surface area contributed by atoms with E-state index < -0.39 is 7.60 Å². The lowest BCUT2D eigenvalue weighted by atomic mass is 9.82. The Morgan fingerprint density at radius 2 is 1.79 bits per heavy atom. The molecule has 19 heavy (non-hydrogen) atoms. The van der Waals surface area contributed by atoms with Crippen molar-refractivity contribution in [3.8, 4) is 0 Å². The molecule has 0 aromatic carbocycles. The fraction of sp³-hybridized carbons (Fsp3) is 1.00. The monoisotopic (exact) mass is 292 g/mol. The van der Waals surface area contributed by atoms with Crippen molar-refractivity contribution in [3.05, 3.63) is 0 Å². The molecular formula is C13H29N2O3P. The standard InChI is InChI=1S/C13H29N2O3P/c1-6-18-19(16,17)11-10-14-15-12(2,3)8-7-9-13(15,4)5/h14H,6-11H2,1-5H3,(H,16,17). The summed E-state index contributed by atoms with van der Waals surface area (Å²) in [5.41, 5.74) is 3.46. The number of nitrogens with zero attached hydrogens (tertiary/aromatic N) is 1. The third-order valence-corrected chi connectivity index (χ3v) is 5.23. The van der Waals surface area contributed by atoms with Crippen LogP contribution >= 0.6 is 7.60 Å². The Labute approximate surface area is 117 Å². The number of hydrogen-bond donors (Lipinski definition) is 2. The molecule has 1 fully saturated rings. The summed E-state index contributed by atoms with van der Waals surface area (Å²) in [6.45, 7) is 11.3. The van der Waals surface area contributed by atoms with Crippen LogP contribution < -0.4 is 5.43 Å². The molecule has 1 atom stereocenters. The van der Waals surface area contributed by atoms with Gasteiger partial charge in [0.05, 0.1) is 12.8 Å². The van der Waals surface area contributed by atoms with Gasteiger partial charge in [0.1, 0.15) is 0 Å². The number of piperidine rings is 1. The second-order valence-corrected chi connectivity index (χ2v) is 8.48. The first kappa shape index (κ1) is 17.1. The van der Waals surface area contributed by atoms with Gasteiger partial charge in [-0.05, 0) is 53.9 Å². The number of nitrogens with one attached hydrogen (secondary N) is 1. The van der Waals surface area contributed by atoms with E-state index in [1.807, 2.05) is 0 Å². The van der Waals surface area contributed by atoms with E-state index in [0.29, 0.717) is 6.54 Å². The van der Waals surface area contributed by atoms with Gasteiger partial charge in [-0.15, -0.1) is 0 Å². The molecule has 0 aromatic rings. The average Bonchev–Trinajstić information content (AvgIpc) is 2.21. The van der Waals surface area contributed by atoms with Crippen LogP contribution in [0.15, 0.2) is 0 Å². The molecule has 2 N–H and O–H groups in total. The van der Waals surface area contributed by atoms with Crippen LogP contribution in [0.2, 0.25) is 0 Å². The highest BCUT2D eigenvalue weighted by atomic mass is 31.2. The lowest BCUT2D eigenvalue weighted by molar-refractivity contribution is -0.0686. The third-order valence-electron chi connectivity index (χ3n) is 3.78. The average molecular weight is 292 g/mol. The Bertz CT molecular complexity index is 329. The maximum Gasteiger partial charge on any atom is 0.329 e. The number of hydrazine groups is 1. The highest BCUT2D eigenvalue weighted by Crippen LogP contribution is 2.41. The van der Waals surface area contributed by atoms with Crippen molar-refractivity contribution < 1.29 is 14.0 Å². The van der Waals surface area contributed by atoms with Crippen molar-refractivity contribution in [2.45, 2.75) is 65.0 Å². The molecule has 5 nitrogen and oxygen atoms in total. The van der Waals surface area contributed by atoms with Gasteiger partial charge in [0.25, 0.3) is 0 Å². The SMILES string of the molecule is CCOP(=O)(O)CCNN1C(C)(C)CCCC1(C)C. The van der Waals surface area contributed by atoms with E-state index in [-0.39, 0.29) is 23.8 Å². The van der Waals surface area contributed by atoms with E-state index in [1.165, 1.54) is 6.42 Å². The molecule has 0 aliphatic carbocycles. The second kappa shape index (κ2) is 6.23. The summed E-state index contributed by atoms with van der Waals surface area (Å²) in [4.78, 5) is 9.58. The van der Waals surface area contributed by atoms with Crippen molar-refractivity contribution in [2.24, 2.45) is 0 Å². The van der Waals surface area contributed by atoms with E-state index in [1.54, 1.807) is 6.92 Å². The lowest BCUT2D eigenvalue weighted by Gasteiger charge is -2.52. The maximum atomic E-state index is 11.7. The zero-order chi connectivity index (χ0) is 14.7. The van der Waals surface area contributed by atoms with Gasteiger partial charge in [0.15, 0.2) is 0 Å². The molecule has 0 bridgehead atoms. The van der Waals surface area contributed by atoms with Gasteiger partial charge in [-0.3, -0.25) is 9.99 Å². The zero-order valence-electron chi connectivity index (χ0n) is 12.9. The molecule has 0 aromatic heterocycles. The molecule has 1 rings (SSSR count). The van der Waals surface area contributed by atoms with E-state index in [0.717, 1.165) is 12.8 Å². The van der Waals surface area contributed by atoms with Gasteiger partial charge >= 0.3 is 7.60 Å². The van der Waals surface area contributed by atoms with Crippen LogP contribution in [0.3, 0.4) is 0 Å². The second-order valence-electron chi connectivity index (χ2n) is 6.50. The first-order valence-corrected chi connectivity index (χ1v) is 8.87. The molecule has 0 amide bonds. The van der Waals surface area contributed by atoms with Crippen LogP contribution in [0.5, 0.6) is 0 Å². The molecule has 0 saturated carbocycles. The van der Waals surface area contributed by atoms with Gasteiger partial charge in [-0.1, -0.05) is 0 Å². The zero-order valence-corrected chi connectivity index (χ0v) is 13.8. The summed E-state index contributed by atoms with van der Waals surface area (Å²) >= 11 is 0. The fourth-order valence-corrected chi connectivity index (χ4v) is 3.91. The lowest BCUT2D eigenvalue weighted by Crippen LogP contribution is -2.64. The molecule has 1 unspecified atom stereocenters. The Balaban J connectivity index is 2.57. The largest absolute Gasteiger partial charge is 0.329 e. The summed E-state index contributed by atoms with van der Waals surface area (Å²) in [7, 11) is -3.43. The van der Waals surface area contributed by atoms with Gasteiger partial charge < -0.3 is 9.42 Å². The summed E-state index contributed by atoms with van der Waals surface area (Å²) in [5.74, 6) is 0. The van der Waals surface area contributed by atoms with E-state index in [4.69, 9.17) is 4.52 Å². The van der Waals surface area contributed by atoms with Crippen molar-refractivity contribution in [1.82, 2.24) is 10.4 Å². The first-order valence-electron chi connectivity index (χ1n) is 7.11.